The number of halogens is 1. The van der Waals surface area contributed by atoms with Gasteiger partial charge >= 0.3 is 0 Å². The highest BCUT2D eigenvalue weighted by Crippen LogP contribution is 2.29. The molecule has 0 radical (unpaired) electrons. The first kappa shape index (κ1) is 16.6. The SMILES string of the molecule is O=C1Cc2cc(C(=O)NCc3ccc4c(c3)C(=O)NCC4)c(Cl)cc2N1. The molecule has 3 amide bonds. The maximum Gasteiger partial charge on any atom is 0.253 e. The molecule has 3 N–H and O–H groups in total. The van der Waals surface area contributed by atoms with Crippen molar-refractivity contribution < 1.29 is 14.4 Å². The van der Waals surface area contributed by atoms with E-state index >= 15 is 0 Å². The Kier molecular flexibility index (Phi) is 4.12. The minimum Gasteiger partial charge on any atom is -0.352 e. The van der Waals surface area contributed by atoms with Gasteiger partial charge in [0.25, 0.3) is 11.8 Å². The number of fused-ring (bicyclic) bond motifs is 2. The lowest BCUT2D eigenvalue weighted by molar-refractivity contribution is -0.115. The highest BCUT2D eigenvalue weighted by atomic mass is 35.5. The maximum atomic E-state index is 12.5. The van der Waals surface area contributed by atoms with Crippen molar-refractivity contribution in [2.45, 2.75) is 19.4 Å². The van der Waals surface area contributed by atoms with Crippen LogP contribution < -0.4 is 16.0 Å². The molecule has 2 aliphatic heterocycles. The van der Waals surface area contributed by atoms with Gasteiger partial charge in [-0.25, -0.2) is 0 Å². The van der Waals surface area contributed by atoms with Crippen LogP contribution in [0.25, 0.3) is 0 Å². The lowest BCUT2D eigenvalue weighted by Crippen LogP contribution is -2.32. The molecule has 26 heavy (non-hydrogen) atoms. The summed E-state index contributed by atoms with van der Waals surface area (Å²) in [5, 5.41) is 8.62. The van der Waals surface area contributed by atoms with Crippen molar-refractivity contribution in [3.63, 3.8) is 0 Å². The summed E-state index contributed by atoms with van der Waals surface area (Å²) in [5.41, 5.74) is 4.25. The van der Waals surface area contributed by atoms with Crippen molar-refractivity contribution in [2.24, 2.45) is 0 Å². The molecular formula is C19H16ClN3O3. The average molecular weight is 370 g/mol. The molecule has 2 aromatic carbocycles. The fourth-order valence-electron chi connectivity index (χ4n) is 3.27. The number of benzene rings is 2. The van der Waals surface area contributed by atoms with Crippen LogP contribution in [0.4, 0.5) is 5.69 Å². The van der Waals surface area contributed by atoms with E-state index in [4.69, 9.17) is 11.6 Å². The van der Waals surface area contributed by atoms with Crippen LogP contribution in [0.15, 0.2) is 30.3 Å². The van der Waals surface area contributed by atoms with Crippen LogP contribution in [-0.4, -0.2) is 24.3 Å². The number of anilines is 1. The van der Waals surface area contributed by atoms with Crippen molar-refractivity contribution in [1.82, 2.24) is 10.6 Å². The molecule has 2 heterocycles. The zero-order valence-corrected chi connectivity index (χ0v) is 14.6. The van der Waals surface area contributed by atoms with Gasteiger partial charge in [0.05, 0.1) is 17.0 Å². The summed E-state index contributed by atoms with van der Waals surface area (Å²) >= 11 is 6.18. The summed E-state index contributed by atoms with van der Waals surface area (Å²) in [7, 11) is 0. The highest BCUT2D eigenvalue weighted by Gasteiger charge is 2.22. The summed E-state index contributed by atoms with van der Waals surface area (Å²) < 4.78 is 0. The van der Waals surface area contributed by atoms with Gasteiger partial charge in [0.2, 0.25) is 5.91 Å². The molecule has 0 unspecified atom stereocenters. The third-order valence-corrected chi connectivity index (χ3v) is 4.93. The molecule has 132 valence electrons. The number of hydrogen-bond donors (Lipinski definition) is 3. The lowest BCUT2D eigenvalue weighted by atomic mass is 9.98. The molecule has 7 heteroatoms. The Bertz CT molecular complexity index is 955. The minimum atomic E-state index is -0.320. The standard InChI is InChI=1S/C19H16ClN3O3/c20-15-8-16-12(7-17(24)23-16)6-14(15)19(26)22-9-10-1-2-11-3-4-21-18(25)13(11)5-10/h1-2,5-6,8H,3-4,7,9H2,(H,21,25)(H,22,26)(H,23,24). The van der Waals surface area contributed by atoms with Crippen LogP contribution in [-0.2, 0) is 24.2 Å². The Balaban J connectivity index is 1.50. The van der Waals surface area contributed by atoms with Gasteiger partial charge in [-0.3, -0.25) is 14.4 Å². The average Bonchev–Trinajstić information content (AvgIpc) is 2.98. The molecule has 2 aromatic rings. The molecule has 4 rings (SSSR count). The highest BCUT2D eigenvalue weighted by molar-refractivity contribution is 6.34. The third-order valence-electron chi connectivity index (χ3n) is 4.61. The topological polar surface area (TPSA) is 87.3 Å². The first-order valence-corrected chi connectivity index (χ1v) is 8.69. The van der Waals surface area contributed by atoms with Crippen LogP contribution in [0.3, 0.4) is 0 Å². The molecule has 0 aliphatic carbocycles. The second kappa shape index (κ2) is 6.46. The van der Waals surface area contributed by atoms with Crippen LogP contribution in [0.5, 0.6) is 0 Å². The van der Waals surface area contributed by atoms with E-state index in [0.717, 1.165) is 23.1 Å². The van der Waals surface area contributed by atoms with E-state index in [9.17, 15) is 14.4 Å². The van der Waals surface area contributed by atoms with E-state index in [-0.39, 0.29) is 35.7 Å². The number of carbonyl (C=O) groups excluding carboxylic acids is 3. The van der Waals surface area contributed by atoms with Crippen molar-refractivity contribution >= 4 is 35.0 Å². The van der Waals surface area contributed by atoms with E-state index in [0.29, 0.717) is 23.4 Å². The quantitative estimate of drug-likeness (QED) is 0.773. The molecule has 6 nitrogen and oxygen atoms in total. The van der Waals surface area contributed by atoms with Gasteiger partial charge in [0.1, 0.15) is 0 Å². The molecule has 0 aromatic heterocycles. The van der Waals surface area contributed by atoms with Crippen molar-refractivity contribution in [3.05, 3.63) is 63.2 Å². The lowest BCUT2D eigenvalue weighted by Gasteiger charge is -2.17. The smallest absolute Gasteiger partial charge is 0.253 e. The van der Waals surface area contributed by atoms with E-state index in [1.165, 1.54) is 0 Å². The van der Waals surface area contributed by atoms with E-state index in [1.54, 1.807) is 18.2 Å². The van der Waals surface area contributed by atoms with Crippen LogP contribution in [0.2, 0.25) is 5.02 Å². The Morgan fingerprint density at radius 2 is 2.00 bits per heavy atom. The largest absolute Gasteiger partial charge is 0.352 e. The molecule has 0 saturated carbocycles. The molecule has 0 fully saturated rings. The second-order valence-corrected chi connectivity index (χ2v) is 6.80. The number of amides is 3. The first-order valence-electron chi connectivity index (χ1n) is 8.32. The Morgan fingerprint density at radius 1 is 1.15 bits per heavy atom. The normalized spacial score (nSPS) is 15.0. The fraction of sp³-hybridized carbons (Fsp3) is 0.211. The Hall–Kier alpha value is -2.86. The minimum absolute atomic E-state index is 0.0849. The second-order valence-electron chi connectivity index (χ2n) is 6.39. The molecule has 0 spiro atoms. The summed E-state index contributed by atoms with van der Waals surface area (Å²) in [6, 6.07) is 8.88. The molecule has 2 aliphatic rings. The predicted molar refractivity (Wildman–Crippen MR) is 97.4 cm³/mol. The number of nitrogens with one attached hydrogen (secondary N) is 3. The number of hydrogen-bond acceptors (Lipinski definition) is 3. The Labute approximate surface area is 154 Å². The zero-order valence-electron chi connectivity index (χ0n) is 13.8. The van der Waals surface area contributed by atoms with Gasteiger partial charge in [-0.1, -0.05) is 23.7 Å². The van der Waals surface area contributed by atoms with Crippen LogP contribution >= 0.6 is 11.6 Å². The van der Waals surface area contributed by atoms with Gasteiger partial charge in [0.15, 0.2) is 0 Å². The van der Waals surface area contributed by atoms with Gasteiger partial charge in [-0.2, -0.15) is 0 Å². The van der Waals surface area contributed by atoms with Crippen molar-refractivity contribution in [2.75, 3.05) is 11.9 Å². The molecule has 0 bridgehead atoms. The van der Waals surface area contributed by atoms with Crippen LogP contribution in [0, 0.1) is 0 Å². The van der Waals surface area contributed by atoms with Gasteiger partial charge in [0, 0.05) is 24.3 Å². The van der Waals surface area contributed by atoms with Crippen LogP contribution in [0.1, 0.15) is 37.4 Å². The zero-order chi connectivity index (χ0) is 18.3. The maximum absolute atomic E-state index is 12.5. The van der Waals surface area contributed by atoms with Gasteiger partial charge in [-0.15, -0.1) is 0 Å². The van der Waals surface area contributed by atoms with Crippen molar-refractivity contribution in [1.29, 1.82) is 0 Å². The third kappa shape index (κ3) is 3.04. The molecule has 0 saturated heterocycles. The fourth-order valence-corrected chi connectivity index (χ4v) is 3.52. The predicted octanol–water partition coefficient (Wildman–Crippen LogP) is 2.05. The monoisotopic (exact) mass is 369 g/mol. The molecule has 0 atom stereocenters. The first-order chi connectivity index (χ1) is 12.5. The van der Waals surface area contributed by atoms with Crippen molar-refractivity contribution in [3.8, 4) is 0 Å². The van der Waals surface area contributed by atoms with E-state index in [1.807, 2.05) is 12.1 Å². The van der Waals surface area contributed by atoms with Gasteiger partial charge < -0.3 is 16.0 Å². The van der Waals surface area contributed by atoms with E-state index < -0.39 is 0 Å². The number of carbonyl (C=O) groups is 3. The van der Waals surface area contributed by atoms with Gasteiger partial charge in [-0.05, 0) is 41.3 Å². The summed E-state index contributed by atoms with van der Waals surface area (Å²) in [5.74, 6) is -0.515. The van der Waals surface area contributed by atoms with E-state index in [2.05, 4.69) is 16.0 Å². The summed E-state index contributed by atoms with van der Waals surface area (Å²) in [6.07, 6.45) is 1.05. The Morgan fingerprint density at radius 3 is 2.85 bits per heavy atom. The summed E-state index contributed by atoms with van der Waals surface area (Å²) in [4.78, 5) is 35.9. The molecular weight excluding hydrogens is 354 g/mol. The number of rotatable bonds is 3. The summed E-state index contributed by atoms with van der Waals surface area (Å²) in [6.45, 7) is 0.931.